The van der Waals surface area contributed by atoms with Crippen molar-refractivity contribution in [3.63, 3.8) is 0 Å². The van der Waals surface area contributed by atoms with Crippen LogP contribution in [-0.2, 0) is 14.3 Å². The quantitative estimate of drug-likeness (QED) is 0.785. The molecule has 1 saturated heterocycles. The molecule has 5 heteroatoms. The summed E-state index contributed by atoms with van der Waals surface area (Å²) in [5.41, 5.74) is 0.882. The van der Waals surface area contributed by atoms with Crippen LogP contribution in [0.3, 0.4) is 0 Å². The van der Waals surface area contributed by atoms with Crippen LogP contribution in [0.2, 0.25) is 0 Å². The predicted molar refractivity (Wildman–Crippen MR) is 85.7 cm³/mol. The zero-order valence-electron chi connectivity index (χ0n) is 13.2. The predicted octanol–water partition coefficient (Wildman–Crippen LogP) is 2.11. The van der Waals surface area contributed by atoms with Crippen LogP contribution in [0.15, 0.2) is 30.3 Å². The summed E-state index contributed by atoms with van der Waals surface area (Å²) in [6.45, 7) is 5.17. The molecular formula is C17H24N2O3. The molecule has 1 aliphatic rings. The molecule has 120 valence electrons. The molecule has 0 saturated carbocycles. The van der Waals surface area contributed by atoms with Gasteiger partial charge in [-0.25, -0.2) is 0 Å². The van der Waals surface area contributed by atoms with E-state index in [1.54, 1.807) is 4.90 Å². The topological polar surface area (TPSA) is 58.6 Å². The molecule has 1 aromatic rings. The summed E-state index contributed by atoms with van der Waals surface area (Å²) in [6, 6.07) is 9.25. The molecular weight excluding hydrogens is 280 g/mol. The van der Waals surface area contributed by atoms with E-state index in [0.29, 0.717) is 32.5 Å². The van der Waals surface area contributed by atoms with Gasteiger partial charge in [0, 0.05) is 31.4 Å². The van der Waals surface area contributed by atoms with E-state index in [1.165, 1.54) is 0 Å². The fourth-order valence-corrected chi connectivity index (χ4v) is 2.77. The van der Waals surface area contributed by atoms with Crippen LogP contribution >= 0.6 is 0 Å². The number of carbonyl (C=O) groups excluding carboxylic acids is 2. The van der Waals surface area contributed by atoms with E-state index in [2.05, 4.69) is 5.32 Å². The van der Waals surface area contributed by atoms with Crippen molar-refractivity contribution in [2.45, 2.75) is 45.2 Å². The van der Waals surface area contributed by atoms with Gasteiger partial charge in [0.1, 0.15) is 6.04 Å². The van der Waals surface area contributed by atoms with Crippen molar-refractivity contribution in [1.82, 2.24) is 5.32 Å². The van der Waals surface area contributed by atoms with Crippen LogP contribution in [0.4, 0.5) is 5.69 Å². The fourth-order valence-electron chi connectivity index (χ4n) is 2.77. The number of rotatable bonds is 7. The Balaban J connectivity index is 1.89. The molecule has 1 heterocycles. The summed E-state index contributed by atoms with van der Waals surface area (Å²) in [6.07, 6.45) is 1.72. The average Bonchev–Trinajstić information content (AvgIpc) is 2.79. The molecule has 1 aromatic carbocycles. The summed E-state index contributed by atoms with van der Waals surface area (Å²) in [7, 11) is 0. The van der Waals surface area contributed by atoms with Crippen LogP contribution in [0.5, 0.6) is 0 Å². The minimum absolute atomic E-state index is 0.0307. The number of nitrogens with one attached hydrogen (secondary N) is 1. The average molecular weight is 304 g/mol. The first kappa shape index (κ1) is 16.5. The highest BCUT2D eigenvalue weighted by Crippen LogP contribution is 2.26. The molecule has 0 bridgehead atoms. The lowest BCUT2D eigenvalue weighted by atomic mass is 10.2. The number of nitrogens with zero attached hydrogens (tertiary/aromatic N) is 1. The monoisotopic (exact) mass is 304 g/mol. The van der Waals surface area contributed by atoms with Gasteiger partial charge in [-0.15, -0.1) is 0 Å². The van der Waals surface area contributed by atoms with Crippen molar-refractivity contribution in [2.24, 2.45) is 0 Å². The van der Waals surface area contributed by atoms with Gasteiger partial charge in [-0.3, -0.25) is 9.59 Å². The van der Waals surface area contributed by atoms with Gasteiger partial charge in [-0.2, -0.15) is 0 Å². The van der Waals surface area contributed by atoms with Crippen molar-refractivity contribution in [1.29, 1.82) is 0 Å². The molecule has 2 amide bonds. The Hall–Kier alpha value is -1.88. The number of carbonyl (C=O) groups is 2. The van der Waals surface area contributed by atoms with Crippen molar-refractivity contribution in [2.75, 3.05) is 18.1 Å². The van der Waals surface area contributed by atoms with Crippen LogP contribution in [0.25, 0.3) is 0 Å². The van der Waals surface area contributed by atoms with Crippen molar-refractivity contribution >= 4 is 17.5 Å². The number of hydrogen-bond acceptors (Lipinski definition) is 3. The summed E-state index contributed by atoms with van der Waals surface area (Å²) in [5.74, 6) is -0.114. The Morgan fingerprint density at radius 2 is 2.09 bits per heavy atom. The Kier molecular flexibility index (Phi) is 5.95. The molecule has 0 aromatic heterocycles. The first-order valence-corrected chi connectivity index (χ1v) is 7.88. The molecule has 0 spiro atoms. The molecule has 1 fully saturated rings. The van der Waals surface area contributed by atoms with E-state index in [4.69, 9.17) is 4.74 Å². The van der Waals surface area contributed by atoms with Crippen LogP contribution in [0.1, 0.15) is 33.1 Å². The SMILES string of the molecule is CCOCCCC(=O)N[C@H]1C[C@@H](C)N(c2ccccc2)C1=O. The van der Waals surface area contributed by atoms with E-state index in [1.807, 2.05) is 44.2 Å². The third-order valence-electron chi connectivity index (χ3n) is 3.82. The number of anilines is 1. The first-order chi connectivity index (χ1) is 10.6. The Morgan fingerprint density at radius 1 is 1.36 bits per heavy atom. The van der Waals surface area contributed by atoms with E-state index < -0.39 is 6.04 Å². The minimum Gasteiger partial charge on any atom is -0.382 e. The maximum Gasteiger partial charge on any atom is 0.249 e. The smallest absolute Gasteiger partial charge is 0.249 e. The maximum atomic E-state index is 12.5. The summed E-state index contributed by atoms with van der Waals surface area (Å²) >= 11 is 0. The second-order valence-corrected chi connectivity index (χ2v) is 5.55. The number of hydrogen-bond donors (Lipinski definition) is 1. The molecule has 0 aliphatic carbocycles. The standard InChI is InChI=1S/C17H24N2O3/c1-3-22-11-7-10-16(20)18-15-12-13(2)19(17(15)21)14-8-5-4-6-9-14/h4-6,8-9,13,15H,3,7,10-12H2,1-2H3,(H,18,20)/t13-,15+/m1/s1. The van der Waals surface area contributed by atoms with Crippen LogP contribution < -0.4 is 10.2 Å². The Morgan fingerprint density at radius 3 is 2.77 bits per heavy atom. The number of benzene rings is 1. The molecule has 22 heavy (non-hydrogen) atoms. The molecule has 2 atom stereocenters. The molecule has 0 unspecified atom stereocenters. The lowest BCUT2D eigenvalue weighted by Gasteiger charge is -2.21. The summed E-state index contributed by atoms with van der Waals surface area (Å²) < 4.78 is 5.21. The lowest BCUT2D eigenvalue weighted by molar-refractivity contribution is -0.126. The van der Waals surface area contributed by atoms with Gasteiger partial charge < -0.3 is 15.0 Å². The number of amides is 2. The third-order valence-corrected chi connectivity index (χ3v) is 3.82. The van der Waals surface area contributed by atoms with Gasteiger partial charge in [-0.05, 0) is 38.8 Å². The molecule has 1 aliphatic heterocycles. The van der Waals surface area contributed by atoms with Gasteiger partial charge in [0.15, 0.2) is 0 Å². The van der Waals surface area contributed by atoms with Gasteiger partial charge in [0.25, 0.3) is 0 Å². The first-order valence-electron chi connectivity index (χ1n) is 7.88. The van der Waals surface area contributed by atoms with Gasteiger partial charge in [0.2, 0.25) is 11.8 Å². The highest BCUT2D eigenvalue weighted by atomic mass is 16.5. The zero-order chi connectivity index (χ0) is 15.9. The second kappa shape index (κ2) is 7.94. The summed E-state index contributed by atoms with van der Waals surface area (Å²) in [5, 5.41) is 2.85. The largest absolute Gasteiger partial charge is 0.382 e. The van der Waals surface area contributed by atoms with Crippen LogP contribution in [-0.4, -0.2) is 37.1 Å². The van der Waals surface area contributed by atoms with Gasteiger partial charge in [0.05, 0.1) is 0 Å². The van der Waals surface area contributed by atoms with E-state index >= 15 is 0 Å². The number of para-hydroxylation sites is 1. The Bertz CT molecular complexity index is 504. The van der Waals surface area contributed by atoms with Gasteiger partial charge >= 0.3 is 0 Å². The second-order valence-electron chi connectivity index (χ2n) is 5.55. The Labute approximate surface area is 131 Å². The molecule has 5 nitrogen and oxygen atoms in total. The van der Waals surface area contributed by atoms with E-state index in [9.17, 15) is 9.59 Å². The normalized spacial score (nSPS) is 21.2. The minimum atomic E-state index is -0.421. The van der Waals surface area contributed by atoms with Gasteiger partial charge in [-0.1, -0.05) is 18.2 Å². The molecule has 0 radical (unpaired) electrons. The summed E-state index contributed by atoms with van der Waals surface area (Å²) in [4.78, 5) is 26.2. The lowest BCUT2D eigenvalue weighted by Crippen LogP contribution is -2.41. The molecule has 1 N–H and O–H groups in total. The highest BCUT2D eigenvalue weighted by molar-refractivity contribution is 6.01. The zero-order valence-corrected chi connectivity index (χ0v) is 13.2. The fraction of sp³-hybridized carbons (Fsp3) is 0.529. The third kappa shape index (κ3) is 4.07. The molecule has 2 rings (SSSR count). The highest BCUT2D eigenvalue weighted by Gasteiger charge is 2.38. The van der Waals surface area contributed by atoms with Crippen molar-refractivity contribution in [3.05, 3.63) is 30.3 Å². The van der Waals surface area contributed by atoms with Crippen molar-refractivity contribution < 1.29 is 14.3 Å². The maximum absolute atomic E-state index is 12.5. The van der Waals surface area contributed by atoms with Crippen molar-refractivity contribution in [3.8, 4) is 0 Å². The number of ether oxygens (including phenoxy) is 1. The van der Waals surface area contributed by atoms with E-state index in [0.717, 1.165) is 5.69 Å². The van der Waals surface area contributed by atoms with Crippen LogP contribution in [0, 0.1) is 0 Å². The van der Waals surface area contributed by atoms with E-state index in [-0.39, 0.29) is 17.9 Å².